The number of ether oxygens (including phenoxy) is 3. The zero-order chi connectivity index (χ0) is 40.9. The van der Waals surface area contributed by atoms with E-state index < -0.39 is 76.7 Å². The van der Waals surface area contributed by atoms with Crippen molar-refractivity contribution in [3.8, 4) is 0 Å². The van der Waals surface area contributed by atoms with Crippen LogP contribution in [0.5, 0.6) is 0 Å². The maximum atomic E-state index is 16.8. The summed E-state index contributed by atoms with van der Waals surface area (Å²) in [6, 6.07) is -0.350. The molecule has 2 N–H and O–H groups in total. The largest absolute Gasteiger partial charge is 0.457 e. The SMILES string of the molecule is CCC(=O)/N=C1\[C@H](C)C[C@@]2(C)CC/C(=N/OCC(C)=O)CC[C@H]([C@H]1C)[C@](C)(O)[C@@H](CC)OC(=O)[C@@](C)(F)C(=O)[C@H](C)[C@H]2O[C@@H]1O[C@H](C)C[C@H](N(C)C)[C@H]1O. The molecule has 2 bridgehead atoms. The molecule has 3 fully saturated rings. The summed E-state index contributed by atoms with van der Waals surface area (Å²) < 4.78 is 35.5. The van der Waals surface area contributed by atoms with E-state index in [4.69, 9.17) is 19.0 Å². The van der Waals surface area contributed by atoms with Gasteiger partial charge in [0.1, 0.15) is 17.8 Å². The van der Waals surface area contributed by atoms with Crippen LogP contribution in [0.1, 0.15) is 121 Å². The molecular formula is C40H66FN3O10. The number of hydrogen-bond acceptors (Lipinski definition) is 12. The van der Waals surface area contributed by atoms with Crippen molar-refractivity contribution in [2.75, 3.05) is 20.7 Å². The fourth-order valence-corrected chi connectivity index (χ4v) is 8.93. The molecule has 14 heteroatoms. The van der Waals surface area contributed by atoms with E-state index in [9.17, 15) is 29.4 Å². The van der Waals surface area contributed by atoms with Gasteiger partial charge in [-0.25, -0.2) is 14.2 Å². The van der Waals surface area contributed by atoms with Crippen molar-refractivity contribution in [3.63, 3.8) is 0 Å². The van der Waals surface area contributed by atoms with Crippen molar-refractivity contribution < 1.29 is 52.8 Å². The van der Waals surface area contributed by atoms with Crippen LogP contribution in [-0.4, -0.2) is 119 Å². The number of oxime groups is 1. The van der Waals surface area contributed by atoms with Gasteiger partial charge >= 0.3 is 5.97 Å². The number of carbonyl (C=O) groups excluding carboxylic acids is 4. The quantitative estimate of drug-likeness (QED) is 0.193. The number of rotatable bonds is 8. The van der Waals surface area contributed by atoms with Gasteiger partial charge in [-0.15, -0.1) is 0 Å². The first-order valence-electron chi connectivity index (χ1n) is 19.6. The highest BCUT2D eigenvalue weighted by molar-refractivity contribution is 6.08. The third-order valence-electron chi connectivity index (χ3n) is 12.1. The molecule has 54 heavy (non-hydrogen) atoms. The highest BCUT2D eigenvalue weighted by atomic mass is 19.1. The molecule has 0 radical (unpaired) electrons. The summed E-state index contributed by atoms with van der Waals surface area (Å²) in [6.45, 7) is 16.0. The Morgan fingerprint density at radius 3 is 2.28 bits per heavy atom. The van der Waals surface area contributed by atoms with Crippen LogP contribution < -0.4 is 0 Å². The molecule has 1 amide bonds. The van der Waals surface area contributed by atoms with Gasteiger partial charge in [-0.1, -0.05) is 46.7 Å². The molecular weight excluding hydrogens is 701 g/mol. The minimum atomic E-state index is -3.12. The summed E-state index contributed by atoms with van der Waals surface area (Å²) in [5, 5.41) is 28.4. The first-order chi connectivity index (χ1) is 25.0. The minimum absolute atomic E-state index is 0.0896. The van der Waals surface area contributed by atoms with Gasteiger partial charge in [0.15, 0.2) is 24.5 Å². The molecule has 2 aliphatic heterocycles. The van der Waals surface area contributed by atoms with Gasteiger partial charge in [-0.05, 0) is 104 Å². The number of halogens is 1. The predicted molar refractivity (Wildman–Crippen MR) is 202 cm³/mol. The van der Waals surface area contributed by atoms with E-state index in [1.165, 1.54) is 20.8 Å². The molecule has 2 saturated heterocycles. The molecule has 308 valence electrons. The van der Waals surface area contributed by atoms with Crippen LogP contribution in [0, 0.1) is 29.1 Å². The Labute approximate surface area is 320 Å². The molecule has 3 rings (SSSR count). The number of cyclic esters (lactones) is 1. The van der Waals surface area contributed by atoms with Gasteiger partial charge in [0.2, 0.25) is 5.91 Å². The standard InChI is InChI=1S/C40H66FN3O10/c1-13-30-40(10,50)28-16-15-27(43-51-21-23(4)45)17-18-38(8,20-22(3)32(25(28)6)42-31(46)14-2)35(26(7)34(48)39(9,41)37(49)53-30)54-36-33(47)29(44(11)12)19-24(5)52-36/h22,24-26,28-30,33,35-36,47,50H,13-21H2,1-12H3/b42-32+,43-27+/t22-,24-,25-,26+,28-,29+,30-,33-,35-,36+,38-,39+,40+/m1/s1. The van der Waals surface area contributed by atoms with Gasteiger partial charge in [0.05, 0.1) is 17.9 Å². The van der Waals surface area contributed by atoms with Gasteiger partial charge in [-0.2, -0.15) is 0 Å². The lowest BCUT2D eigenvalue weighted by Gasteiger charge is -2.48. The molecule has 0 aromatic carbocycles. The van der Waals surface area contributed by atoms with E-state index in [-0.39, 0.29) is 56.1 Å². The molecule has 2 heterocycles. The molecule has 1 saturated carbocycles. The zero-order valence-electron chi connectivity index (χ0n) is 34.5. The average molecular weight is 768 g/mol. The summed E-state index contributed by atoms with van der Waals surface area (Å²) in [7, 11) is 3.68. The Kier molecular flexibility index (Phi) is 15.7. The lowest BCUT2D eigenvalue weighted by atomic mass is 9.65. The number of nitrogens with zero attached hydrogens (tertiary/aromatic N) is 3. The topological polar surface area (TPSA) is 174 Å². The first-order valence-corrected chi connectivity index (χ1v) is 19.6. The van der Waals surface area contributed by atoms with Gasteiger partial charge < -0.3 is 34.2 Å². The van der Waals surface area contributed by atoms with Gasteiger partial charge in [0.25, 0.3) is 5.67 Å². The maximum absolute atomic E-state index is 16.8. The summed E-state index contributed by atoms with van der Waals surface area (Å²) >= 11 is 0. The van der Waals surface area contributed by atoms with Gasteiger partial charge in [0, 0.05) is 30.0 Å². The maximum Gasteiger partial charge on any atom is 0.351 e. The Hall–Kier alpha value is -2.65. The Balaban J connectivity index is 2.40. The number of aliphatic imine (C=N–C) groups is 1. The Bertz CT molecular complexity index is 1420. The second-order valence-electron chi connectivity index (χ2n) is 16.9. The monoisotopic (exact) mass is 767 g/mol. The van der Waals surface area contributed by atoms with Crippen LogP contribution in [0.15, 0.2) is 10.1 Å². The van der Waals surface area contributed by atoms with Crippen molar-refractivity contribution >= 4 is 34.9 Å². The van der Waals surface area contributed by atoms with Crippen LogP contribution in [0.4, 0.5) is 4.39 Å². The summed E-state index contributed by atoms with van der Waals surface area (Å²) in [5.41, 5.74) is -4.83. The molecule has 3 aliphatic rings. The zero-order valence-corrected chi connectivity index (χ0v) is 34.5. The van der Waals surface area contributed by atoms with Crippen molar-refractivity contribution in [3.05, 3.63) is 0 Å². The number of aliphatic hydroxyl groups excluding tert-OH is 1. The number of aliphatic hydroxyl groups is 2. The first kappa shape index (κ1) is 45.7. The molecule has 0 spiro atoms. The van der Waals surface area contributed by atoms with E-state index in [1.54, 1.807) is 13.8 Å². The number of likely N-dealkylation sites (N-methyl/N-ethyl adjacent to an activating group) is 1. The van der Waals surface area contributed by atoms with E-state index in [1.807, 2.05) is 46.7 Å². The van der Waals surface area contributed by atoms with E-state index in [0.717, 1.165) is 6.92 Å². The number of hydrogen-bond donors (Lipinski definition) is 2. The Morgan fingerprint density at radius 1 is 1.06 bits per heavy atom. The molecule has 1 aliphatic carbocycles. The number of Topliss-reactive ketones (excluding diaryl/α,β-unsaturated/α-hetero) is 2. The van der Waals surface area contributed by atoms with Crippen molar-refractivity contribution in [1.82, 2.24) is 4.90 Å². The van der Waals surface area contributed by atoms with E-state index in [2.05, 4.69) is 10.1 Å². The van der Waals surface area contributed by atoms with E-state index in [0.29, 0.717) is 37.1 Å². The summed E-state index contributed by atoms with van der Waals surface area (Å²) in [4.78, 5) is 65.1. The fraction of sp³-hybridized carbons (Fsp3) is 0.850. The van der Waals surface area contributed by atoms with E-state index >= 15 is 4.39 Å². The average Bonchev–Trinajstić information content (AvgIpc) is 3.10. The van der Waals surface area contributed by atoms with Crippen LogP contribution >= 0.6 is 0 Å². The molecule has 13 nitrogen and oxygen atoms in total. The number of amides is 1. The smallest absolute Gasteiger partial charge is 0.351 e. The van der Waals surface area contributed by atoms with Crippen molar-refractivity contribution in [2.45, 2.75) is 169 Å². The number of esters is 1. The number of fused-ring (bicyclic) bond motifs is 5. The predicted octanol–water partition coefficient (Wildman–Crippen LogP) is 5.02. The second-order valence-corrected chi connectivity index (χ2v) is 16.9. The lowest BCUT2D eigenvalue weighted by Crippen LogP contribution is -2.59. The highest BCUT2D eigenvalue weighted by Crippen LogP contribution is 2.47. The van der Waals surface area contributed by atoms with Crippen LogP contribution in [-0.2, 0) is 38.2 Å². The number of carbonyl (C=O) groups is 4. The summed E-state index contributed by atoms with van der Waals surface area (Å²) in [5.74, 6) is -6.04. The van der Waals surface area contributed by atoms with Crippen LogP contribution in [0.25, 0.3) is 0 Å². The van der Waals surface area contributed by atoms with Crippen LogP contribution in [0.3, 0.4) is 0 Å². The Morgan fingerprint density at radius 2 is 1.70 bits per heavy atom. The normalized spacial score (nSPS) is 41.9. The van der Waals surface area contributed by atoms with Crippen LogP contribution in [0.2, 0.25) is 0 Å². The van der Waals surface area contributed by atoms with Gasteiger partial charge in [-0.3, -0.25) is 14.4 Å². The molecule has 0 unspecified atom stereocenters. The number of ketones is 2. The lowest BCUT2D eigenvalue weighted by molar-refractivity contribution is -0.287. The number of alkyl halides is 1. The summed E-state index contributed by atoms with van der Waals surface area (Å²) in [6.07, 6.45) is -2.88. The van der Waals surface area contributed by atoms with Crippen molar-refractivity contribution in [1.29, 1.82) is 0 Å². The van der Waals surface area contributed by atoms with Crippen molar-refractivity contribution in [2.24, 2.45) is 39.2 Å². The third kappa shape index (κ3) is 10.4. The minimum Gasteiger partial charge on any atom is -0.457 e. The molecule has 0 aromatic rings. The highest BCUT2D eigenvalue weighted by Gasteiger charge is 2.55. The molecule has 0 aromatic heterocycles. The second kappa shape index (κ2) is 18.5. The fourth-order valence-electron chi connectivity index (χ4n) is 8.93. The third-order valence-corrected chi connectivity index (χ3v) is 12.1. The molecule has 13 atom stereocenters.